The summed E-state index contributed by atoms with van der Waals surface area (Å²) in [6.07, 6.45) is 3.57. The molecule has 0 spiro atoms. The zero-order valence-electron chi connectivity index (χ0n) is 10.9. The molecule has 0 amide bonds. The number of nitrogens with one attached hydrogen (secondary N) is 1. The van der Waals surface area contributed by atoms with Crippen LogP contribution < -0.4 is 10.1 Å². The predicted molar refractivity (Wildman–Crippen MR) is 72.6 cm³/mol. The Morgan fingerprint density at radius 2 is 2.21 bits per heavy atom. The summed E-state index contributed by atoms with van der Waals surface area (Å²) < 4.78 is 18.7. The fraction of sp³-hybridized carbons (Fsp3) is 0.267. The maximum atomic E-state index is 13.3. The topological polar surface area (TPSA) is 34.1 Å². The molecule has 0 aliphatic carbocycles. The van der Waals surface area contributed by atoms with E-state index in [9.17, 15) is 4.39 Å². The normalized spacial score (nSPS) is 10.4. The number of hydrogen-bond acceptors (Lipinski definition) is 3. The van der Waals surface area contributed by atoms with Crippen LogP contribution >= 0.6 is 0 Å². The van der Waals surface area contributed by atoms with Crippen LogP contribution in [0.2, 0.25) is 0 Å². The third-order valence-electron chi connectivity index (χ3n) is 2.74. The van der Waals surface area contributed by atoms with Crippen LogP contribution in [0.25, 0.3) is 0 Å². The lowest BCUT2D eigenvalue weighted by Gasteiger charge is -2.08. The summed E-state index contributed by atoms with van der Waals surface area (Å²) in [6.45, 7) is 3.68. The van der Waals surface area contributed by atoms with Gasteiger partial charge in [0.1, 0.15) is 18.2 Å². The van der Waals surface area contributed by atoms with Crippen molar-refractivity contribution in [2.24, 2.45) is 0 Å². The summed E-state index contributed by atoms with van der Waals surface area (Å²) in [5, 5.41) is 3.24. The number of nitrogens with zero attached hydrogens (tertiary/aromatic N) is 1. The van der Waals surface area contributed by atoms with Crippen molar-refractivity contribution >= 4 is 0 Å². The van der Waals surface area contributed by atoms with E-state index in [1.807, 2.05) is 18.3 Å². The summed E-state index contributed by atoms with van der Waals surface area (Å²) in [5.41, 5.74) is 1.76. The van der Waals surface area contributed by atoms with E-state index in [-0.39, 0.29) is 5.82 Å². The van der Waals surface area contributed by atoms with Crippen LogP contribution in [0.3, 0.4) is 0 Å². The van der Waals surface area contributed by atoms with Gasteiger partial charge in [-0.15, -0.1) is 0 Å². The Kier molecular flexibility index (Phi) is 4.86. The van der Waals surface area contributed by atoms with E-state index in [0.29, 0.717) is 24.5 Å². The van der Waals surface area contributed by atoms with E-state index < -0.39 is 0 Å². The molecule has 0 bridgehead atoms. The predicted octanol–water partition coefficient (Wildman–Crippen LogP) is 2.70. The molecule has 0 aliphatic heterocycles. The van der Waals surface area contributed by atoms with E-state index in [1.54, 1.807) is 25.3 Å². The van der Waals surface area contributed by atoms with Crippen LogP contribution in [-0.2, 0) is 6.54 Å². The zero-order chi connectivity index (χ0) is 13.5. The van der Waals surface area contributed by atoms with Gasteiger partial charge < -0.3 is 10.1 Å². The van der Waals surface area contributed by atoms with Crippen molar-refractivity contribution in [2.75, 3.05) is 13.2 Å². The Morgan fingerprint density at radius 3 is 2.95 bits per heavy atom. The van der Waals surface area contributed by atoms with Crippen molar-refractivity contribution in [3.63, 3.8) is 0 Å². The summed E-state index contributed by atoms with van der Waals surface area (Å²) in [6, 6.07) is 8.82. The molecule has 0 atom stereocenters. The minimum atomic E-state index is -0.235. The molecule has 1 aromatic heterocycles. The molecule has 19 heavy (non-hydrogen) atoms. The van der Waals surface area contributed by atoms with Gasteiger partial charge >= 0.3 is 0 Å². The molecule has 1 N–H and O–H groups in total. The minimum absolute atomic E-state index is 0.235. The number of aryl methyl sites for hydroxylation is 1. The van der Waals surface area contributed by atoms with Crippen molar-refractivity contribution in [1.29, 1.82) is 0 Å². The Labute approximate surface area is 112 Å². The highest BCUT2D eigenvalue weighted by Crippen LogP contribution is 2.15. The molecule has 1 heterocycles. The van der Waals surface area contributed by atoms with Crippen LogP contribution in [0, 0.1) is 12.7 Å². The minimum Gasteiger partial charge on any atom is -0.492 e. The molecule has 0 radical (unpaired) electrons. The highest BCUT2D eigenvalue weighted by molar-refractivity contribution is 5.27. The second-order valence-electron chi connectivity index (χ2n) is 4.30. The van der Waals surface area contributed by atoms with Crippen molar-refractivity contribution in [2.45, 2.75) is 13.5 Å². The summed E-state index contributed by atoms with van der Waals surface area (Å²) in [5.74, 6) is 0.326. The quantitative estimate of drug-likeness (QED) is 0.811. The van der Waals surface area contributed by atoms with Gasteiger partial charge in [-0.2, -0.15) is 0 Å². The molecule has 0 unspecified atom stereocenters. The molecule has 1 aromatic carbocycles. The van der Waals surface area contributed by atoms with Gasteiger partial charge in [-0.05, 0) is 30.2 Å². The lowest BCUT2D eigenvalue weighted by atomic mass is 10.2. The molecule has 4 heteroatoms. The Bertz CT molecular complexity index is 517. The van der Waals surface area contributed by atoms with Gasteiger partial charge in [0.2, 0.25) is 0 Å². The first-order valence-corrected chi connectivity index (χ1v) is 6.24. The zero-order valence-corrected chi connectivity index (χ0v) is 10.9. The second kappa shape index (κ2) is 6.85. The van der Waals surface area contributed by atoms with Gasteiger partial charge in [0.15, 0.2) is 0 Å². The maximum absolute atomic E-state index is 13.3. The Balaban J connectivity index is 1.68. The molecule has 2 aromatic rings. The number of pyridine rings is 1. The van der Waals surface area contributed by atoms with E-state index in [0.717, 1.165) is 12.1 Å². The monoisotopic (exact) mass is 260 g/mol. The Morgan fingerprint density at radius 1 is 1.32 bits per heavy atom. The maximum Gasteiger partial charge on any atom is 0.129 e. The molecule has 0 saturated heterocycles. The van der Waals surface area contributed by atoms with E-state index in [4.69, 9.17) is 4.74 Å². The van der Waals surface area contributed by atoms with Crippen molar-refractivity contribution in [3.05, 3.63) is 59.7 Å². The van der Waals surface area contributed by atoms with Gasteiger partial charge in [0.05, 0.1) is 0 Å². The van der Waals surface area contributed by atoms with Crippen LogP contribution in [0.1, 0.15) is 11.1 Å². The van der Waals surface area contributed by atoms with Crippen LogP contribution in [0.5, 0.6) is 5.75 Å². The first-order valence-electron chi connectivity index (χ1n) is 6.24. The fourth-order valence-corrected chi connectivity index (χ4v) is 1.64. The van der Waals surface area contributed by atoms with Crippen LogP contribution in [-0.4, -0.2) is 18.1 Å². The van der Waals surface area contributed by atoms with Crippen molar-refractivity contribution < 1.29 is 9.13 Å². The molecule has 0 fully saturated rings. The molecular weight excluding hydrogens is 243 g/mol. The number of rotatable bonds is 6. The highest BCUT2D eigenvalue weighted by Gasteiger charge is 1.99. The van der Waals surface area contributed by atoms with Crippen molar-refractivity contribution in [3.8, 4) is 5.75 Å². The van der Waals surface area contributed by atoms with Gasteiger partial charge in [-0.25, -0.2) is 4.39 Å². The van der Waals surface area contributed by atoms with E-state index in [2.05, 4.69) is 10.3 Å². The molecule has 100 valence electrons. The van der Waals surface area contributed by atoms with Gasteiger partial charge in [0, 0.05) is 31.5 Å². The SMILES string of the molecule is Cc1ccc(OCCNCc2cccnc2)cc1F. The fourth-order valence-electron chi connectivity index (χ4n) is 1.64. The van der Waals surface area contributed by atoms with E-state index in [1.165, 1.54) is 6.07 Å². The third-order valence-corrected chi connectivity index (χ3v) is 2.74. The standard InChI is InChI=1S/C15H17FN2O/c1-12-4-5-14(9-15(12)16)19-8-7-18-11-13-3-2-6-17-10-13/h2-6,9-10,18H,7-8,11H2,1H3. The Hall–Kier alpha value is -1.94. The van der Waals surface area contributed by atoms with E-state index >= 15 is 0 Å². The number of hydrogen-bond donors (Lipinski definition) is 1. The molecule has 2 rings (SSSR count). The number of ether oxygens (including phenoxy) is 1. The average Bonchev–Trinajstić information content (AvgIpc) is 2.43. The molecule has 3 nitrogen and oxygen atoms in total. The summed E-state index contributed by atoms with van der Waals surface area (Å²) in [7, 11) is 0. The smallest absolute Gasteiger partial charge is 0.129 e. The second-order valence-corrected chi connectivity index (χ2v) is 4.30. The molecular formula is C15H17FN2O. The van der Waals surface area contributed by atoms with Crippen LogP contribution in [0.15, 0.2) is 42.7 Å². The number of benzene rings is 1. The lowest BCUT2D eigenvalue weighted by Crippen LogP contribution is -2.20. The largest absolute Gasteiger partial charge is 0.492 e. The molecule has 0 saturated carbocycles. The third kappa shape index (κ3) is 4.34. The van der Waals surface area contributed by atoms with Crippen molar-refractivity contribution in [1.82, 2.24) is 10.3 Å². The van der Waals surface area contributed by atoms with Gasteiger partial charge in [-0.1, -0.05) is 12.1 Å². The van der Waals surface area contributed by atoms with Gasteiger partial charge in [0.25, 0.3) is 0 Å². The van der Waals surface area contributed by atoms with Crippen LogP contribution in [0.4, 0.5) is 4.39 Å². The van der Waals surface area contributed by atoms with Gasteiger partial charge in [-0.3, -0.25) is 4.98 Å². The highest BCUT2D eigenvalue weighted by atomic mass is 19.1. The number of halogens is 1. The summed E-state index contributed by atoms with van der Waals surface area (Å²) >= 11 is 0. The molecule has 0 aliphatic rings. The first-order chi connectivity index (χ1) is 9.25. The lowest BCUT2D eigenvalue weighted by molar-refractivity contribution is 0.312. The summed E-state index contributed by atoms with van der Waals surface area (Å²) in [4.78, 5) is 4.04. The average molecular weight is 260 g/mol. The first kappa shape index (κ1) is 13.5. The number of aromatic nitrogens is 1.